The maximum Gasteiger partial charge on any atom is 0.416 e. The smallest absolute Gasteiger partial charge is 0.384 e. The second-order valence-electron chi connectivity index (χ2n) is 9.33. The second kappa shape index (κ2) is 8.51. The van der Waals surface area contributed by atoms with Gasteiger partial charge in [-0.25, -0.2) is 0 Å². The highest BCUT2D eigenvalue weighted by molar-refractivity contribution is 8.00. The Labute approximate surface area is 204 Å². The monoisotopic (exact) mass is 503 g/mol. The normalized spacial score (nSPS) is 20.5. The summed E-state index contributed by atoms with van der Waals surface area (Å²) in [6.07, 6.45) is -1.87. The zero-order valence-electron chi connectivity index (χ0n) is 19.2. The molecule has 1 aliphatic carbocycles. The van der Waals surface area contributed by atoms with Crippen molar-refractivity contribution >= 4 is 34.6 Å². The number of halogens is 3. The highest BCUT2D eigenvalue weighted by Gasteiger charge is 2.45. The highest BCUT2D eigenvalue weighted by Crippen LogP contribution is 2.52. The van der Waals surface area contributed by atoms with E-state index in [1.165, 1.54) is 28.8 Å². The van der Waals surface area contributed by atoms with Gasteiger partial charge in [0.05, 0.1) is 27.3 Å². The molecule has 0 bridgehead atoms. The van der Waals surface area contributed by atoms with Crippen LogP contribution in [0.4, 0.5) is 18.9 Å². The first-order valence-corrected chi connectivity index (χ1v) is 12.7. The van der Waals surface area contributed by atoms with Crippen LogP contribution in [-0.2, 0) is 11.0 Å². The molecular weight excluding hydrogens is 479 g/mol. The molecule has 0 saturated carbocycles. The fourth-order valence-electron chi connectivity index (χ4n) is 4.81. The van der Waals surface area contributed by atoms with Crippen LogP contribution in [0.3, 0.4) is 0 Å². The Hall–Kier alpha value is -2.70. The van der Waals surface area contributed by atoms with Crippen LogP contribution in [0.5, 0.6) is 0 Å². The zero-order valence-corrected chi connectivity index (χ0v) is 20.8. The van der Waals surface area contributed by atoms with E-state index in [2.05, 4.69) is 6.07 Å². The predicted octanol–water partition coefficient (Wildman–Crippen LogP) is 6.74. The van der Waals surface area contributed by atoms with Crippen LogP contribution in [0.25, 0.3) is 0 Å². The van der Waals surface area contributed by atoms with Crippen LogP contribution in [0.15, 0.2) is 57.2 Å². The molecule has 0 saturated heterocycles. The minimum atomic E-state index is -4.54. The van der Waals surface area contributed by atoms with E-state index in [0.29, 0.717) is 17.7 Å². The first-order chi connectivity index (χ1) is 15.9. The lowest BCUT2D eigenvalue weighted by atomic mass is 9.69. The zero-order chi connectivity index (χ0) is 25.0. The third-order valence-corrected chi connectivity index (χ3v) is 8.37. The summed E-state index contributed by atoms with van der Waals surface area (Å²) in [6.45, 7) is 5.87. The van der Waals surface area contributed by atoms with Crippen molar-refractivity contribution in [2.24, 2.45) is 11.1 Å². The third-order valence-electron chi connectivity index (χ3n) is 6.16. The van der Waals surface area contributed by atoms with E-state index in [1.54, 1.807) is 11.3 Å². The third kappa shape index (κ3) is 4.14. The Morgan fingerprint density at radius 2 is 1.97 bits per heavy atom. The quantitative estimate of drug-likeness (QED) is 0.470. The van der Waals surface area contributed by atoms with Crippen molar-refractivity contribution in [1.29, 1.82) is 5.26 Å². The summed E-state index contributed by atoms with van der Waals surface area (Å²) < 4.78 is 41.4. The van der Waals surface area contributed by atoms with Crippen molar-refractivity contribution in [2.75, 3.05) is 11.2 Å². The van der Waals surface area contributed by atoms with Gasteiger partial charge in [-0.3, -0.25) is 9.69 Å². The van der Waals surface area contributed by atoms with Crippen molar-refractivity contribution < 1.29 is 18.0 Å². The lowest BCUT2D eigenvalue weighted by molar-refractivity contribution is -0.137. The molecule has 4 nitrogen and oxygen atoms in total. The van der Waals surface area contributed by atoms with Gasteiger partial charge >= 0.3 is 6.18 Å². The van der Waals surface area contributed by atoms with E-state index < -0.39 is 23.1 Å². The molecule has 9 heteroatoms. The van der Waals surface area contributed by atoms with Crippen molar-refractivity contribution in [1.82, 2.24) is 0 Å². The summed E-state index contributed by atoms with van der Waals surface area (Å²) in [4.78, 5) is 16.1. The fraction of sp³-hybridized carbons (Fsp3) is 0.360. The van der Waals surface area contributed by atoms with E-state index in [-0.39, 0.29) is 29.3 Å². The molecule has 34 heavy (non-hydrogen) atoms. The maximum atomic E-state index is 13.6. The number of carbonyl (C=O) groups is 1. The summed E-state index contributed by atoms with van der Waals surface area (Å²) in [5, 5.41) is 10.2. The summed E-state index contributed by atoms with van der Waals surface area (Å²) >= 11 is 3.12. The Kier molecular flexibility index (Phi) is 6.11. The number of benzene rings is 1. The molecule has 1 aromatic heterocycles. The molecule has 0 fully saturated rings. The number of carbonyl (C=O) groups excluding carboxylic acids is 1. The molecule has 1 atom stereocenters. The Bertz CT molecular complexity index is 1280. The van der Waals surface area contributed by atoms with Gasteiger partial charge in [-0.2, -0.15) is 18.4 Å². The molecule has 2 aromatic rings. The van der Waals surface area contributed by atoms with Gasteiger partial charge in [0.25, 0.3) is 0 Å². The van der Waals surface area contributed by atoms with Crippen molar-refractivity contribution in [3.8, 4) is 6.07 Å². The number of aryl methyl sites for hydroxylation is 1. The minimum absolute atomic E-state index is 0.0620. The topological polar surface area (TPSA) is 70.1 Å². The lowest BCUT2D eigenvalue weighted by Crippen LogP contribution is -2.42. The van der Waals surface area contributed by atoms with E-state index >= 15 is 0 Å². The number of ketones is 1. The number of nitrogens with two attached hydrogens (primary N) is 1. The van der Waals surface area contributed by atoms with Gasteiger partial charge < -0.3 is 5.73 Å². The van der Waals surface area contributed by atoms with Gasteiger partial charge in [-0.1, -0.05) is 19.9 Å². The van der Waals surface area contributed by atoms with E-state index in [4.69, 9.17) is 5.73 Å². The number of thiophene rings is 1. The van der Waals surface area contributed by atoms with E-state index in [9.17, 15) is 23.2 Å². The number of rotatable bonds is 3. The SMILES string of the molecule is CSc1sc(C)cc1[C@H]1C(C#N)=C(N)N(c2cccc(C(F)(F)F)c2)C2=C1C(=O)CC(C)(C)C2. The van der Waals surface area contributed by atoms with Crippen molar-refractivity contribution in [3.63, 3.8) is 0 Å². The van der Waals surface area contributed by atoms with Gasteiger partial charge in [0.15, 0.2) is 5.78 Å². The Morgan fingerprint density at radius 3 is 2.59 bits per heavy atom. The Morgan fingerprint density at radius 1 is 1.26 bits per heavy atom. The van der Waals surface area contributed by atoms with Crippen molar-refractivity contribution in [2.45, 2.75) is 49.9 Å². The number of alkyl halides is 3. The maximum absolute atomic E-state index is 13.6. The van der Waals surface area contributed by atoms with Gasteiger partial charge in [-0.05, 0) is 54.8 Å². The van der Waals surface area contributed by atoms with Gasteiger partial charge in [-0.15, -0.1) is 23.1 Å². The summed E-state index contributed by atoms with van der Waals surface area (Å²) in [7, 11) is 0. The number of nitrogens with zero attached hydrogens (tertiary/aromatic N) is 2. The molecule has 0 radical (unpaired) electrons. The number of Topliss-reactive ketones (excluding diaryl/α,β-unsaturated/α-hetero) is 1. The summed E-state index contributed by atoms with van der Waals surface area (Å²) in [5.41, 5.74) is 7.55. The number of nitriles is 1. The average Bonchev–Trinajstić information content (AvgIpc) is 3.12. The minimum Gasteiger partial charge on any atom is -0.384 e. The molecule has 2 aliphatic rings. The first kappa shape index (κ1) is 24.4. The standard InChI is InChI=1S/C25H24F3N3OS2/c1-13-8-16(23(33-4)34-13)20-17(12-29)22(30)31(15-7-5-6-14(9-15)25(26,27)28)18-10-24(2,3)11-19(32)21(18)20/h5-9,20H,10-11,30H2,1-4H3/t20-/m0/s1. The summed E-state index contributed by atoms with van der Waals surface area (Å²) in [5.74, 6) is -0.686. The van der Waals surface area contributed by atoms with Gasteiger partial charge in [0.1, 0.15) is 5.82 Å². The fourth-order valence-corrected chi connectivity index (χ4v) is 6.72. The van der Waals surface area contributed by atoms with Crippen LogP contribution in [-0.4, -0.2) is 12.0 Å². The molecular formula is C25H24F3N3OS2. The number of anilines is 1. The molecule has 4 rings (SSSR count). The predicted molar refractivity (Wildman–Crippen MR) is 129 cm³/mol. The van der Waals surface area contributed by atoms with E-state index in [0.717, 1.165) is 26.8 Å². The molecule has 178 valence electrons. The molecule has 1 aliphatic heterocycles. The first-order valence-electron chi connectivity index (χ1n) is 10.7. The van der Waals surface area contributed by atoms with Crippen LogP contribution in [0, 0.1) is 23.7 Å². The molecule has 0 spiro atoms. The highest BCUT2D eigenvalue weighted by atomic mass is 32.2. The van der Waals surface area contributed by atoms with Crippen LogP contribution in [0.1, 0.15) is 48.6 Å². The molecule has 1 aromatic carbocycles. The molecule has 2 heterocycles. The Balaban J connectivity index is 2.02. The van der Waals surface area contributed by atoms with Crippen LogP contribution in [0.2, 0.25) is 0 Å². The second-order valence-corrected chi connectivity index (χ2v) is 11.7. The number of thioether (sulfide) groups is 1. The average molecular weight is 504 g/mol. The van der Waals surface area contributed by atoms with Gasteiger partial charge in [0.2, 0.25) is 0 Å². The van der Waals surface area contributed by atoms with E-state index in [1.807, 2.05) is 33.1 Å². The molecule has 0 unspecified atom stereocenters. The van der Waals surface area contributed by atoms with Crippen LogP contribution < -0.4 is 10.6 Å². The number of allylic oxidation sites excluding steroid dienone is 3. The number of hydrogen-bond donors (Lipinski definition) is 1. The molecule has 0 amide bonds. The van der Waals surface area contributed by atoms with Crippen LogP contribution >= 0.6 is 23.1 Å². The number of hydrogen-bond acceptors (Lipinski definition) is 6. The van der Waals surface area contributed by atoms with Crippen molar-refractivity contribution in [3.05, 3.63) is 69.0 Å². The lowest BCUT2D eigenvalue weighted by Gasteiger charge is -2.43. The molecule has 2 N–H and O–H groups in total. The summed E-state index contributed by atoms with van der Waals surface area (Å²) in [6, 6.07) is 9.00. The largest absolute Gasteiger partial charge is 0.416 e. The van der Waals surface area contributed by atoms with Gasteiger partial charge in [0, 0.05) is 28.3 Å².